The number of hydrogen-bond donors (Lipinski definition) is 1. The van der Waals surface area contributed by atoms with Gasteiger partial charge in [-0.25, -0.2) is 4.98 Å². The highest BCUT2D eigenvalue weighted by Crippen LogP contribution is 2.25. The van der Waals surface area contributed by atoms with Crippen LogP contribution in [-0.2, 0) is 17.6 Å². The van der Waals surface area contributed by atoms with Gasteiger partial charge in [0.15, 0.2) is 0 Å². The van der Waals surface area contributed by atoms with Crippen LogP contribution in [0.1, 0.15) is 16.1 Å². The number of carbonyl (C=O) groups excluding carboxylic acids is 1. The summed E-state index contributed by atoms with van der Waals surface area (Å²) in [4.78, 5) is 16.8. The number of benzene rings is 2. The molecule has 0 aliphatic carbocycles. The van der Waals surface area contributed by atoms with E-state index in [2.05, 4.69) is 39.9 Å². The predicted octanol–water partition coefficient (Wildman–Crippen LogP) is 4.04. The molecular weight excluding hydrogens is 372 g/mol. The minimum atomic E-state index is -0.0296. The number of nitrogens with zero attached hydrogens (tertiary/aromatic N) is 1. The number of aromatic nitrogens is 1. The Hall–Kier alpha value is -2.86. The van der Waals surface area contributed by atoms with Gasteiger partial charge >= 0.3 is 0 Å². The second-order valence-corrected chi connectivity index (χ2v) is 7.47. The molecule has 5 nitrogen and oxygen atoms in total. The Morgan fingerprint density at radius 1 is 1.11 bits per heavy atom. The van der Waals surface area contributed by atoms with Crippen LogP contribution < -0.4 is 14.8 Å². The number of ether oxygens (including phenoxy) is 2. The number of thiazole rings is 1. The molecule has 3 rings (SSSR count). The highest BCUT2D eigenvalue weighted by Gasteiger charge is 2.10. The van der Waals surface area contributed by atoms with Gasteiger partial charge in [-0.15, -0.1) is 11.3 Å². The van der Waals surface area contributed by atoms with E-state index in [0.29, 0.717) is 18.0 Å². The second kappa shape index (κ2) is 9.37. The molecule has 1 heterocycles. The lowest BCUT2D eigenvalue weighted by atomic mass is 10.1. The molecule has 146 valence electrons. The summed E-state index contributed by atoms with van der Waals surface area (Å²) >= 11 is 1.65. The van der Waals surface area contributed by atoms with Crippen LogP contribution in [0, 0.1) is 6.92 Å². The van der Waals surface area contributed by atoms with Crippen LogP contribution in [-0.4, -0.2) is 31.7 Å². The van der Waals surface area contributed by atoms with Crippen LogP contribution in [0.25, 0.3) is 11.3 Å². The summed E-state index contributed by atoms with van der Waals surface area (Å²) in [7, 11) is 3.19. The molecule has 0 saturated heterocycles. The molecule has 0 bridgehead atoms. The third-order valence-corrected chi connectivity index (χ3v) is 5.22. The van der Waals surface area contributed by atoms with Gasteiger partial charge in [-0.1, -0.05) is 30.3 Å². The van der Waals surface area contributed by atoms with Crippen molar-refractivity contribution < 1.29 is 14.3 Å². The summed E-state index contributed by atoms with van der Waals surface area (Å²) < 4.78 is 10.5. The summed E-state index contributed by atoms with van der Waals surface area (Å²) in [6, 6.07) is 13.8. The minimum absolute atomic E-state index is 0.0296. The van der Waals surface area contributed by atoms with E-state index in [4.69, 9.17) is 9.47 Å². The van der Waals surface area contributed by atoms with E-state index < -0.39 is 0 Å². The molecular formula is C22H24N2O3S. The normalized spacial score (nSPS) is 10.5. The summed E-state index contributed by atoms with van der Waals surface area (Å²) in [6.45, 7) is 2.60. The summed E-state index contributed by atoms with van der Waals surface area (Å²) in [5.74, 6) is 1.33. The number of carbonyl (C=O) groups is 1. The van der Waals surface area contributed by atoms with Gasteiger partial charge in [0.25, 0.3) is 0 Å². The Morgan fingerprint density at radius 2 is 1.89 bits per heavy atom. The maximum absolute atomic E-state index is 12.3. The van der Waals surface area contributed by atoms with Gasteiger partial charge < -0.3 is 14.8 Å². The van der Waals surface area contributed by atoms with Crippen LogP contribution in [0.4, 0.5) is 0 Å². The molecule has 28 heavy (non-hydrogen) atoms. The third-order valence-electron chi connectivity index (χ3n) is 4.45. The largest absolute Gasteiger partial charge is 0.497 e. The van der Waals surface area contributed by atoms with Gasteiger partial charge in [0, 0.05) is 29.1 Å². The molecule has 0 saturated carbocycles. The molecule has 0 spiro atoms. The van der Waals surface area contributed by atoms with E-state index >= 15 is 0 Å². The highest BCUT2D eigenvalue weighted by molar-refractivity contribution is 7.09. The topological polar surface area (TPSA) is 60.5 Å². The fraction of sp³-hybridized carbons (Fsp3) is 0.273. The van der Waals surface area contributed by atoms with Crippen molar-refractivity contribution in [2.24, 2.45) is 0 Å². The standard InChI is InChI=1S/C22H24N2O3S/c1-15-24-20(14-28-15)17-6-4-16(5-7-17)10-11-23-22(25)12-18-8-9-19(26-2)13-21(18)27-3/h4-9,13-14H,10-12H2,1-3H3,(H,23,25). The lowest BCUT2D eigenvalue weighted by Crippen LogP contribution is -2.27. The molecule has 1 amide bonds. The summed E-state index contributed by atoms with van der Waals surface area (Å²) in [5.41, 5.74) is 4.14. The van der Waals surface area contributed by atoms with Crippen molar-refractivity contribution in [3.05, 3.63) is 64.0 Å². The molecule has 0 aliphatic heterocycles. The molecule has 1 aromatic heterocycles. The molecule has 3 aromatic rings. The molecule has 6 heteroatoms. The number of aryl methyl sites for hydroxylation is 1. The van der Waals surface area contributed by atoms with E-state index in [9.17, 15) is 4.79 Å². The Bertz CT molecular complexity index is 935. The van der Waals surface area contributed by atoms with E-state index in [-0.39, 0.29) is 12.3 Å². The molecule has 2 aromatic carbocycles. The van der Waals surface area contributed by atoms with Gasteiger partial charge in [-0.2, -0.15) is 0 Å². The van der Waals surface area contributed by atoms with Gasteiger partial charge in [0.05, 0.1) is 31.3 Å². The Morgan fingerprint density at radius 3 is 2.54 bits per heavy atom. The number of amides is 1. The number of rotatable bonds is 8. The molecule has 0 unspecified atom stereocenters. The van der Waals surface area contributed by atoms with Crippen molar-refractivity contribution in [3.63, 3.8) is 0 Å². The fourth-order valence-electron chi connectivity index (χ4n) is 2.92. The predicted molar refractivity (Wildman–Crippen MR) is 112 cm³/mol. The first-order valence-corrected chi connectivity index (χ1v) is 9.96. The van der Waals surface area contributed by atoms with E-state index in [0.717, 1.165) is 28.2 Å². The average Bonchev–Trinajstić information content (AvgIpc) is 3.15. The van der Waals surface area contributed by atoms with Crippen molar-refractivity contribution in [3.8, 4) is 22.8 Å². The quantitative estimate of drug-likeness (QED) is 0.624. The number of hydrogen-bond acceptors (Lipinski definition) is 5. The van der Waals surface area contributed by atoms with Crippen LogP contribution in [0.15, 0.2) is 47.8 Å². The van der Waals surface area contributed by atoms with Crippen LogP contribution in [0.3, 0.4) is 0 Å². The van der Waals surface area contributed by atoms with Gasteiger partial charge in [0.1, 0.15) is 11.5 Å². The van der Waals surface area contributed by atoms with Crippen LogP contribution in [0.2, 0.25) is 0 Å². The van der Waals surface area contributed by atoms with E-state index in [1.807, 2.05) is 19.1 Å². The SMILES string of the molecule is COc1ccc(CC(=O)NCCc2ccc(-c3csc(C)n3)cc2)c(OC)c1. The van der Waals surface area contributed by atoms with Crippen molar-refractivity contribution in [1.29, 1.82) is 0 Å². The number of nitrogens with one attached hydrogen (secondary N) is 1. The van der Waals surface area contributed by atoms with Gasteiger partial charge in [-0.3, -0.25) is 4.79 Å². The summed E-state index contributed by atoms with van der Waals surface area (Å²) in [6.07, 6.45) is 1.05. The maximum Gasteiger partial charge on any atom is 0.224 e. The van der Waals surface area contributed by atoms with Crippen molar-refractivity contribution in [1.82, 2.24) is 10.3 Å². The van der Waals surface area contributed by atoms with Crippen molar-refractivity contribution in [2.75, 3.05) is 20.8 Å². The minimum Gasteiger partial charge on any atom is -0.497 e. The van der Waals surface area contributed by atoms with Crippen LogP contribution in [0.5, 0.6) is 11.5 Å². The first kappa shape index (κ1) is 19.9. The smallest absolute Gasteiger partial charge is 0.224 e. The Kier molecular flexibility index (Phi) is 6.66. The molecule has 0 fully saturated rings. The fourth-order valence-corrected chi connectivity index (χ4v) is 3.54. The van der Waals surface area contributed by atoms with Crippen LogP contribution >= 0.6 is 11.3 Å². The molecule has 0 aliphatic rings. The molecule has 0 atom stereocenters. The zero-order valence-electron chi connectivity index (χ0n) is 16.3. The second-order valence-electron chi connectivity index (χ2n) is 6.40. The molecule has 1 N–H and O–H groups in total. The third kappa shape index (κ3) is 5.10. The van der Waals surface area contributed by atoms with E-state index in [1.165, 1.54) is 5.56 Å². The zero-order chi connectivity index (χ0) is 19.9. The first-order valence-electron chi connectivity index (χ1n) is 9.08. The summed E-state index contributed by atoms with van der Waals surface area (Å²) in [5, 5.41) is 6.11. The van der Waals surface area contributed by atoms with Crippen molar-refractivity contribution in [2.45, 2.75) is 19.8 Å². The Labute approximate surface area is 169 Å². The van der Waals surface area contributed by atoms with E-state index in [1.54, 1.807) is 31.6 Å². The van der Waals surface area contributed by atoms with Gasteiger partial charge in [-0.05, 0) is 25.0 Å². The number of methoxy groups -OCH3 is 2. The molecule has 0 radical (unpaired) electrons. The first-order chi connectivity index (χ1) is 13.6. The monoisotopic (exact) mass is 396 g/mol. The lowest BCUT2D eigenvalue weighted by Gasteiger charge is -2.11. The lowest BCUT2D eigenvalue weighted by molar-refractivity contribution is -0.120. The average molecular weight is 397 g/mol. The van der Waals surface area contributed by atoms with Gasteiger partial charge in [0.2, 0.25) is 5.91 Å². The highest BCUT2D eigenvalue weighted by atomic mass is 32.1. The zero-order valence-corrected chi connectivity index (χ0v) is 17.1. The Balaban J connectivity index is 1.50. The maximum atomic E-state index is 12.3. The van der Waals surface area contributed by atoms with Crippen molar-refractivity contribution >= 4 is 17.2 Å².